The lowest BCUT2D eigenvalue weighted by atomic mass is 10.1. The Kier molecular flexibility index (Phi) is 5.37. The quantitative estimate of drug-likeness (QED) is 0.810. The third-order valence-electron chi connectivity index (χ3n) is 3.72. The van der Waals surface area contributed by atoms with E-state index in [2.05, 4.69) is 15.0 Å². The number of nitrogens with one attached hydrogen (secondary N) is 2. The van der Waals surface area contributed by atoms with Gasteiger partial charge in [-0.25, -0.2) is 18.1 Å². The average Bonchev–Trinajstić information content (AvgIpc) is 2.93. The molecule has 1 aromatic rings. The summed E-state index contributed by atoms with van der Waals surface area (Å²) in [4.78, 5) is 4.32. The molecule has 1 fully saturated rings. The van der Waals surface area contributed by atoms with Gasteiger partial charge in [0.2, 0.25) is 10.0 Å². The first-order valence-corrected chi connectivity index (χ1v) is 8.79. The molecular weight excluding hydrogens is 274 g/mol. The number of anilines is 1. The van der Waals surface area contributed by atoms with E-state index in [1.54, 1.807) is 12.1 Å². The van der Waals surface area contributed by atoms with E-state index < -0.39 is 10.0 Å². The maximum Gasteiger partial charge on any atom is 0.242 e. The molecule has 0 atom stereocenters. The highest BCUT2D eigenvalue weighted by Gasteiger charge is 2.17. The summed E-state index contributed by atoms with van der Waals surface area (Å²) in [6, 6.07) is 3.28. The molecule has 0 unspecified atom stereocenters. The predicted octanol–water partition coefficient (Wildman–Crippen LogP) is 2.37. The minimum Gasteiger partial charge on any atom is -0.370 e. The zero-order valence-corrected chi connectivity index (χ0v) is 12.7. The molecule has 1 aliphatic rings. The molecule has 1 aliphatic carbocycles. The number of pyridine rings is 1. The van der Waals surface area contributed by atoms with Gasteiger partial charge in [0.1, 0.15) is 10.7 Å². The summed E-state index contributed by atoms with van der Waals surface area (Å²) in [5.41, 5.74) is 0. The smallest absolute Gasteiger partial charge is 0.242 e. The minimum absolute atomic E-state index is 0.227. The largest absolute Gasteiger partial charge is 0.370 e. The fraction of sp³-hybridized carbons (Fsp3) is 0.643. The molecule has 0 aliphatic heterocycles. The van der Waals surface area contributed by atoms with Crippen LogP contribution in [0.4, 0.5) is 5.82 Å². The van der Waals surface area contributed by atoms with Gasteiger partial charge in [-0.05, 0) is 31.4 Å². The fourth-order valence-electron chi connectivity index (χ4n) is 2.60. The molecule has 1 saturated carbocycles. The highest BCUT2D eigenvalue weighted by Crippen LogP contribution is 2.27. The molecule has 6 heteroatoms. The van der Waals surface area contributed by atoms with Crippen LogP contribution in [0.2, 0.25) is 0 Å². The van der Waals surface area contributed by atoms with Gasteiger partial charge in [-0.3, -0.25) is 0 Å². The second-order valence-corrected chi connectivity index (χ2v) is 7.01. The maximum atomic E-state index is 12.1. The number of nitrogens with zero attached hydrogens (tertiary/aromatic N) is 1. The third kappa shape index (κ3) is 4.18. The zero-order valence-electron chi connectivity index (χ0n) is 11.9. The standard InChI is InChI=1S/C14H23N3O2S/c1-2-15-14-8-7-13(11-16-14)20(18,19)17-10-9-12-5-3-4-6-12/h7-8,11-12,17H,2-6,9-10H2,1H3,(H,15,16). The van der Waals surface area contributed by atoms with Crippen LogP contribution < -0.4 is 10.0 Å². The van der Waals surface area contributed by atoms with Crippen LogP contribution >= 0.6 is 0 Å². The van der Waals surface area contributed by atoms with Crippen molar-refractivity contribution >= 4 is 15.8 Å². The van der Waals surface area contributed by atoms with E-state index >= 15 is 0 Å². The van der Waals surface area contributed by atoms with Crippen LogP contribution in [0.5, 0.6) is 0 Å². The second kappa shape index (κ2) is 7.04. The topological polar surface area (TPSA) is 71.1 Å². The molecule has 0 spiro atoms. The fourth-order valence-corrected chi connectivity index (χ4v) is 3.60. The summed E-state index contributed by atoms with van der Waals surface area (Å²) >= 11 is 0. The molecule has 112 valence electrons. The van der Waals surface area contributed by atoms with E-state index in [0.717, 1.165) is 13.0 Å². The number of hydrogen-bond donors (Lipinski definition) is 2. The molecule has 5 nitrogen and oxygen atoms in total. The van der Waals surface area contributed by atoms with Gasteiger partial charge < -0.3 is 5.32 Å². The summed E-state index contributed by atoms with van der Waals surface area (Å²) in [6.45, 7) is 3.25. The monoisotopic (exact) mass is 297 g/mol. The molecule has 0 saturated heterocycles. The Labute approximate surface area is 121 Å². The van der Waals surface area contributed by atoms with E-state index in [1.807, 2.05) is 6.92 Å². The normalized spacial score (nSPS) is 16.4. The maximum absolute atomic E-state index is 12.1. The number of hydrogen-bond acceptors (Lipinski definition) is 4. The van der Waals surface area contributed by atoms with Crippen molar-refractivity contribution in [1.29, 1.82) is 0 Å². The van der Waals surface area contributed by atoms with Gasteiger partial charge in [0.25, 0.3) is 0 Å². The Morgan fingerprint density at radius 1 is 1.30 bits per heavy atom. The number of sulfonamides is 1. The highest BCUT2D eigenvalue weighted by atomic mass is 32.2. The van der Waals surface area contributed by atoms with E-state index in [0.29, 0.717) is 18.3 Å². The van der Waals surface area contributed by atoms with Crippen LogP contribution in [0.15, 0.2) is 23.2 Å². The van der Waals surface area contributed by atoms with Gasteiger partial charge in [0, 0.05) is 19.3 Å². The van der Waals surface area contributed by atoms with Crippen LogP contribution in [0, 0.1) is 5.92 Å². The predicted molar refractivity (Wildman–Crippen MR) is 80.2 cm³/mol. The second-order valence-electron chi connectivity index (χ2n) is 5.25. The summed E-state index contributed by atoms with van der Waals surface area (Å²) in [6.07, 6.45) is 7.37. The number of aromatic nitrogens is 1. The summed E-state index contributed by atoms with van der Waals surface area (Å²) in [7, 11) is -3.42. The third-order valence-corrected chi connectivity index (χ3v) is 5.17. The molecule has 2 rings (SSSR count). The van der Waals surface area contributed by atoms with Crippen LogP contribution in [-0.2, 0) is 10.0 Å². The van der Waals surface area contributed by atoms with Crippen LogP contribution in [0.3, 0.4) is 0 Å². The summed E-state index contributed by atoms with van der Waals surface area (Å²) in [5, 5.41) is 3.04. The Morgan fingerprint density at radius 3 is 2.65 bits per heavy atom. The van der Waals surface area contributed by atoms with Crippen molar-refractivity contribution in [2.45, 2.75) is 43.9 Å². The van der Waals surface area contributed by atoms with E-state index in [1.165, 1.54) is 31.9 Å². The van der Waals surface area contributed by atoms with Crippen molar-refractivity contribution in [3.63, 3.8) is 0 Å². The van der Waals surface area contributed by atoms with Gasteiger partial charge >= 0.3 is 0 Å². The Hall–Kier alpha value is -1.14. The zero-order chi connectivity index (χ0) is 14.4. The van der Waals surface area contributed by atoms with Crippen molar-refractivity contribution in [2.75, 3.05) is 18.4 Å². The van der Waals surface area contributed by atoms with Crippen molar-refractivity contribution in [2.24, 2.45) is 5.92 Å². The molecule has 0 radical (unpaired) electrons. The molecule has 0 amide bonds. The Balaban J connectivity index is 1.88. The van der Waals surface area contributed by atoms with E-state index in [-0.39, 0.29) is 4.90 Å². The highest BCUT2D eigenvalue weighted by molar-refractivity contribution is 7.89. The van der Waals surface area contributed by atoms with Crippen LogP contribution in [-0.4, -0.2) is 26.5 Å². The first-order chi connectivity index (χ1) is 9.62. The van der Waals surface area contributed by atoms with E-state index in [4.69, 9.17) is 0 Å². The van der Waals surface area contributed by atoms with Gasteiger partial charge in [0.05, 0.1) is 0 Å². The molecular formula is C14H23N3O2S. The van der Waals surface area contributed by atoms with Crippen molar-refractivity contribution in [3.8, 4) is 0 Å². The number of rotatable bonds is 7. The molecule has 1 aromatic heterocycles. The Morgan fingerprint density at radius 2 is 2.05 bits per heavy atom. The van der Waals surface area contributed by atoms with Gasteiger partial charge in [-0.1, -0.05) is 25.7 Å². The average molecular weight is 297 g/mol. The van der Waals surface area contributed by atoms with Gasteiger partial charge in [-0.15, -0.1) is 0 Å². The van der Waals surface area contributed by atoms with Crippen molar-refractivity contribution in [3.05, 3.63) is 18.3 Å². The van der Waals surface area contributed by atoms with Crippen molar-refractivity contribution in [1.82, 2.24) is 9.71 Å². The van der Waals surface area contributed by atoms with Crippen LogP contribution in [0.25, 0.3) is 0 Å². The van der Waals surface area contributed by atoms with E-state index in [9.17, 15) is 8.42 Å². The SMILES string of the molecule is CCNc1ccc(S(=O)(=O)NCCC2CCCC2)cn1. The lowest BCUT2D eigenvalue weighted by molar-refractivity contribution is 0.495. The van der Waals surface area contributed by atoms with Gasteiger partial charge in [0.15, 0.2) is 0 Å². The first-order valence-electron chi connectivity index (χ1n) is 7.31. The molecule has 1 heterocycles. The summed E-state index contributed by atoms with van der Waals surface area (Å²) < 4.78 is 26.9. The molecule has 0 bridgehead atoms. The lowest BCUT2D eigenvalue weighted by Gasteiger charge is -2.10. The lowest BCUT2D eigenvalue weighted by Crippen LogP contribution is -2.26. The summed E-state index contributed by atoms with van der Waals surface area (Å²) in [5.74, 6) is 1.38. The first kappa shape index (κ1) is 15.3. The molecule has 2 N–H and O–H groups in total. The van der Waals surface area contributed by atoms with Gasteiger partial charge in [-0.2, -0.15) is 0 Å². The molecule has 0 aromatic carbocycles. The molecule has 20 heavy (non-hydrogen) atoms. The van der Waals surface area contributed by atoms with Crippen molar-refractivity contribution < 1.29 is 8.42 Å². The minimum atomic E-state index is -3.42. The Bertz CT molecular complexity index is 508. The van der Waals surface area contributed by atoms with Crippen LogP contribution in [0.1, 0.15) is 39.0 Å².